The van der Waals surface area contributed by atoms with Gasteiger partial charge in [0.25, 0.3) is 0 Å². The molecule has 0 spiro atoms. The van der Waals surface area contributed by atoms with Crippen LogP contribution in [0.15, 0.2) is 22.7 Å². The molecule has 0 saturated heterocycles. The van der Waals surface area contributed by atoms with Gasteiger partial charge in [-0.05, 0) is 55.0 Å². The van der Waals surface area contributed by atoms with Gasteiger partial charge in [0.15, 0.2) is 0 Å². The Balaban J connectivity index is 2.21. The third kappa shape index (κ3) is 1.81. The van der Waals surface area contributed by atoms with Crippen LogP contribution < -0.4 is 5.32 Å². The fourth-order valence-electron chi connectivity index (χ4n) is 2.25. The van der Waals surface area contributed by atoms with Gasteiger partial charge in [-0.3, -0.25) is 0 Å². The standard InChI is InChI=1S/C13H14BrNS/c1-15-7-12-13(8-2-3-8)10-6-9(14)4-5-11(10)16-12/h4-6,8,15H,2-3,7H2,1H3. The van der Waals surface area contributed by atoms with Crippen LogP contribution in [0.3, 0.4) is 0 Å². The lowest BCUT2D eigenvalue weighted by molar-refractivity contribution is 0.821. The normalized spacial score (nSPS) is 15.9. The first-order chi connectivity index (χ1) is 7.79. The predicted molar refractivity (Wildman–Crippen MR) is 74.3 cm³/mol. The van der Waals surface area contributed by atoms with Crippen molar-refractivity contribution in [2.75, 3.05) is 7.05 Å². The molecular weight excluding hydrogens is 282 g/mol. The molecule has 3 rings (SSSR count). The fourth-order valence-corrected chi connectivity index (χ4v) is 3.90. The number of fused-ring (bicyclic) bond motifs is 1. The quantitative estimate of drug-likeness (QED) is 0.892. The Morgan fingerprint density at radius 1 is 1.44 bits per heavy atom. The SMILES string of the molecule is CNCc1sc2ccc(Br)cc2c1C1CC1. The smallest absolute Gasteiger partial charge is 0.0349 e. The maximum absolute atomic E-state index is 3.57. The molecule has 1 aromatic carbocycles. The van der Waals surface area contributed by atoms with Crippen molar-refractivity contribution < 1.29 is 0 Å². The van der Waals surface area contributed by atoms with Crippen molar-refractivity contribution in [1.82, 2.24) is 5.32 Å². The van der Waals surface area contributed by atoms with Crippen LogP contribution in [0, 0.1) is 0 Å². The zero-order valence-corrected chi connectivity index (χ0v) is 11.6. The Morgan fingerprint density at radius 3 is 2.94 bits per heavy atom. The Labute approximate surface area is 108 Å². The molecule has 16 heavy (non-hydrogen) atoms. The first-order valence-corrected chi connectivity index (χ1v) is 7.26. The molecule has 2 aromatic rings. The Hall–Kier alpha value is -0.380. The first kappa shape index (κ1) is 10.8. The molecule has 1 aromatic heterocycles. The van der Waals surface area contributed by atoms with Crippen LogP contribution in [0.25, 0.3) is 10.1 Å². The Bertz CT molecular complexity index is 528. The van der Waals surface area contributed by atoms with Crippen molar-refractivity contribution in [3.8, 4) is 0 Å². The van der Waals surface area contributed by atoms with Gasteiger partial charge in [-0.15, -0.1) is 11.3 Å². The van der Waals surface area contributed by atoms with Crippen LogP contribution in [0.5, 0.6) is 0 Å². The minimum Gasteiger partial charge on any atom is -0.315 e. The third-order valence-corrected chi connectivity index (χ3v) is 4.77. The van der Waals surface area contributed by atoms with Crippen LogP contribution in [0.2, 0.25) is 0 Å². The first-order valence-electron chi connectivity index (χ1n) is 5.65. The van der Waals surface area contributed by atoms with Gasteiger partial charge in [0.2, 0.25) is 0 Å². The van der Waals surface area contributed by atoms with E-state index in [0.717, 1.165) is 12.5 Å². The summed E-state index contributed by atoms with van der Waals surface area (Å²) in [5.41, 5.74) is 1.61. The second kappa shape index (κ2) is 4.13. The van der Waals surface area contributed by atoms with E-state index in [0.29, 0.717) is 0 Å². The average Bonchev–Trinajstić information content (AvgIpc) is 3.02. The molecule has 1 N–H and O–H groups in total. The molecule has 0 aliphatic heterocycles. The van der Waals surface area contributed by atoms with E-state index in [9.17, 15) is 0 Å². The molecular formula is C13H14BrNS. The summed E-state index contributed by atoms with van der Waals surface area (Å²) < 4.78 is 2.62. The Kier molecular flexibility index (Phi) is 2.78. The highest BCUT2D eigenvalue weighted by molar-refractivity contribution is 9.10. The summed E-state index contributed by atoms with van der Waals surface area (Å²) in [6.07, 6.45) is 2.74. The van der Waals surface area contributed by atoms with E-state index in [2.05, 4.69) is 39.4 Å². The topological polar surface area (TPSA) is 12.0 Å². The van der Waals surface area contributed by atoms with Crippen molar-refractivity contribution in [2.24, 2.45) is 0 Å². The largest absolute Gasteiger partial charge is 0.315 e. The molecule has 84 valence electrons. The maximum Gasteiger partial charge on any atom is 0.0349 e. The summed E-state index contributed by atoms with van der Waals surface area (Å²) >= 11 is 5.52. The molecule has 3 heteroatoms. The number of halogens is 1. The third-order valence-electron chi connectivity index (χ3n) is 3.09. The second-order valence-corrected chi connectivity index (χ2v) is 6.44. The zero-order chi connectivity index (χ0) is 11.1. The van der Waals surface area contributed by atoms with Crippen LogP contribution in [-0.4, -0.2) is 7.05 Å². The predicted octanol–water partition coefficient (Wildman–Crippen LogP) is 4.26. The average molecular weight is 296 g/mol. The lowest BCUT2D eigenvalue weighted by Gasteiger charge is -2.02. The van der Waals surface area contributed by atoms with Gasteiger partial charge < -0.3 is 5.32 Å². The maximum atomic E-state index is 3.57. The van der Waals surface area contributed by atoms with Crippen LogP contribution in [-0.2, 0) is 6.54 Å². The lowest BCUT2D eigenvalue weighted by atomic mass is 10.1. The molecule has 1 aliphatic rings. The van der Waals surface area contributed by atoms with Crippen molar-refractivity contribution in [3.05, 3.63) is 33.1 Å². The second-order valence-electron chi connectivity index (χ2n) is 4.38. The number of hydrogen-bond donors (Lipinski definition) is 1. The molecule has 1 aliphatic carbocycles. The molecule has 1 heterocycles. The van der Waals surface area contributed by atoms with E-state index in [-0.39, 0.29) is 0 Å². The minimum atomic E-state index is 0.825. The molecule has 1 nitrogen and oxygen atoms in total. The summed E-state index contributed by atoms with van der Waals surface area (Å²) in [6.45, 7) is 1.00. The molecule has 0 amide bonds. The highest BCUT2D eigenvalue weighted by atomic mass is 79.9. The van der Waals surface area contributed by atoms with Gasteiger partial charge in [-0.2, -0.15) is 0 Å². The number of nitrogens with one attached hydrogen (secondary N) is 1. The number of rotatable bonds is 3. The summed E-state index contributed by atoms with van der Waals surface area (Å²) in [7, 11) is 2.02. The van der Waals surface area contributed by atoms with Gasteiger partial charge in [0.05, 0.1) is 0 Å². The monoisotopic (exact) mass is 295 g/mol. The van der Waals surface area contributed by atoms with E-state index in [1.165, 1.54) is 32.3 Å². The summed E-state index contributed by atoms with van der Waals surface area (Å²) in [4.78, 5) is 1.53. The van der Waals surface area contributed by atoms with Gasteiger partial charge in [0.1, 0.15) is 0 Å². The van der Waals surface area contributed by atoms with Gasteiger partial charge >= 0.3 is 0 Å². The number of thiophene rings is 1. The van der Waals surface area contributed by atoms with Gasteiger partial charge in [-0.25, -0.2) is 0 Å². The highest BCUT2D eigenvalue weighted by Gasteiger charge is 2.29. The summed E-state index contributed by atoms with van der Waals surface area (Å²) in [5, 5.41) is 4.75. The summed E-state index contributed by atoms with van der Waals surface area (Å²) in [6, 6.07) is 6.65. The number of hydrogen-bond acceptors (Lipinski definition) is 2. The van der Waals surface area contributed by atoms with Gasteiger partial charge in [0, 0.05) is 20.6 Å². The van der Waals surface area contributed by atoms with Crippen LogP contribution >= 0.6 is 27.3 Å². The van der Waals surface area contributed by atoms with E-state index < -0.39 is 0 Å². The van der Waals surface area contributed by atoms with Gasteiger partial charge in [-0.1, -0.05) is 15.9 Å². The fraction of sp³-hybridized carbons (Fsp3) is 0.385. The van der Waals surface area contributed by atoms with E-state index in [1.54, 1.807) is 5.56 Å². The molecule has 1 fully saturated rings. The summed E-state index contributed by atoms with van der Waals surface area (Å²) in [5.74, 6) is 0.825. The molecule has 1 saturated carbocycles. The van der Waals surface area contributed by atoms with Crippen LogP contribution in [0.1, 0.15) is 29.2 Å². The van der Waals surface area contributed by atoms with Crippen molar-refractivity contribution in [3.63, 3.8) is 0 Å². The van der Waals surface area contributed by atoms with E-state index >= 15 is 0 Å². The zero-order valence-electron chi connectivity index (χ0n) is 9.22. The van der Waals surface area contributed by atoms with Crippen LogP contribution in [0.4, 0.5) is 0 Å². The lowest BCUT2D eigenvalue weighted by Crippen LogP contribution is -2.04. The van der Waals surface area contributed by atoms with E-state index in [1.807, 2.05) is 18.4 Å². The molecule has 0 radical (unpaired) electrons. The minimum absolute atomic E-state index is 0.825. The Morgan fingerprint density at radius 2 is 2.25 bits per heavy atom. The molecule has 0 bridgehead atoms. The van der Waals surface area contributed by atoms with Crippen molar-refractivity contribution in [2.45, 2.75) is 25.3 Å². The van der Waals surface area contributed by atoms with Crippen molar-refractivity contribution >= 4 is 37.4 Å². The molecule has 0 unspecified atom stereocenters. The van der Waals surface area contributed by atoms with Crippen molar-refractivity contribution in [1.29, 1.82) is 0 Å². The number of benzene rings is 1. The highest BCUT2D eigenvalue weighted by Crippen LogP contribution is 2.48. The van der Waals surface area contributed by atoms with E-state index in [4.69, 9.17) is 0 Å². The molecule has 0 atom stereocenters.